The Bertz CT molecular complexity index is 591. The van der Waals surface area contributed by atoms with Gasteiger partial charge in [-0.3, -0.25) is 0 Å². The molecular formula is C15H25N3O2S. The van der Waals surface area contributed by atoms with Crippen LogP contribution in [0.3, 0.4) is 0 Å². The fraction of sp³-hybridized carbons (Fsp3) is 0.600. The molecule has 0 bridgehead atoms. The fourth-order valence-corrected chi connectivity index (χ4v) is 4.36. The van der Waals surface area contributed by atoms with Gasteiger partial charge in [-0.25, -0.2) is 8.42 Å². The van der Waals surface area contributed by atoms with E-state index in [1.165, 1.54) is 0 Å². The molecule has 0 amide bonds. The van der Waals surface area contributed by atoms with Crippen molar-refractivity contribution in [3.63, 3.8) is 0 Å². The largest absolute Gasteiger partial charge is 0.326 e. The molecule has 0 atom stereocenters. The number of rotatable bonds is 4. The Labute approximate surface area is 127 Å². The first kappa shape index (κ1) is 16.4. The summed E-state index contributed by atoms with van der Waals surface area (Å²) in [7, 11) is 0.706. The number of hydrogen-bond acceptors (Lipinski definition) is 4. The number of sulfonamides is 1. The summed E-state index contributed by atoms with van der Waals surface area (Å²) in [5.41, 5.74) is 7.55. The minimum Gasteiger partial charge on any atom is -0.326 e. The highest BCUT2D eigenvalue weighted by Crippen LogP contribution is 2.23. The molecule has 2 rings (SSSR count). The first-order chi connectivity index (χ1) is 9.86. The molecule has 6 heteroatoms. The highest BCUT2D eigenvalue weighted by atomic mass is 32.2. The molecule has 0 aromatic heterocycles. The summed E-state index contributed by atoms with van der Waals surface area (Å²) in [6.45, 7) is 3.51. The summed E-state index contributed by atoms with van der Waals surface area (Å²) in [4.78, 5) is 2.55. The van der Waals surface area contributed by atoms with Crippen LogP contribution >= 0.6 is 0 Å². The molecule has 1 aromatic carbocycles. The van der Waals surface area contributed by atoms with Crippen molar-refractivity contribution in [2.24, 2.45) is 5.73 Å². The standard InChI is InChI=1S/C15H25N3O2S/c1-12-10-15(5-4-13(12)11-16)21(19,20)18-8-6-14(7-9-18)17(2)3/h4-5,10,14H,6-9,11,16H2,1-3H3. The Morgan fingerprint density at radius 1 is 1.29 bits per heavy atom. The van der Waals surface area contributed by atoms with E-state index in [2.05, 4.69) is 4.90 Å². The van der Waals surface area contributed by atoms with Crippen molar-refractivity contribution in [2.75, 3.05) is 27.2 Å². The first-order valence-electron chi connectivity index (χ1n) is 7.32. The van der Waals surface area contributed by atoms with Crippen LogP contribution in [0.15, 0.2) is 23.1 Å². The SMILES string of the molecule is Cc1cc(S(=O)(=O)N2CCC(N(C)C)CC2)ccc1CN. The molecule has 21 heavy (non-hydrogen) atoms. The van der Waals surface area contributed by atoms with Crippen molar-refractivity contribution in [1.29, 1.82) is 0 Å². The van der Waals surface area contributed by atoms with Crippen LogP contribution in [0, 0.1) is 6.92 Å². The minimum absolute atomic E-state index is 0.375. The second-order valence-corrected chi connectivity index (χ2v) is 7.83. The van der Waals surface area contributed by atoms with Gasteiger partial charge in [0.1, 0.15) is 0 Å². The fourth-order valence-electron chi connectivity index (χ4n) is 2.81. The predicted octanol–water partition coefficient (Wildman–Crippen LogP) is 1.17. The highest BCUT2D eigenvalue weighted by molar-refractivity contribution is 7.89. The molecule has 1 aliphatic heterocycles. The number of hydrogen-bond donors (Lipinski definition) is 1. The summed E-state index contributed by atoms with van der Waals surface area (Å²) < 4.78 is 27.0. The Hall–Kier alpha value is -0.950. The molecule has 1 aromatic rings. The molecule has 0 saturated carbocycles. The normalized spacial score (nSPS) is 18.3. The lowest BCUT2D eigenvalue weighted by molar-refractivity contribution is 0.196. The number of nitrogens with zero attached hydrogens (tertiary/aromatic N) is 2. The Morgan fingerprint density at radius 2 is 1.90 bits per heavy atom. The predicted molar refractivity (Wildman–Crippen MR) is 84.5 cm³/mol. The van der Waals surface area contributed by atoms with Gasteiger partial charge in [-0.2, -0.15) is 4.31 Å². The lowest BCUT2D eigenvalue weighted by Crippen LogP contribution is -2.44. The molecule has 1 aliphatic rings. The zero-order valence-electron chi connectivity index (χ0n) is 13.0. The summed E-state index contributed by atoms with van der Waals surface area (Å²) in [6, 6.07) is 5.69. The smallest absolute Gasteiger partial charge is 0.243 e. The maximum Gasteiger partial charge on any atom is 0.243 e. The molecule has 0 unspecified atom stereocenters. The van der Waals surface area contributed by atoms with Crippen LogP contribution < -0.4 is 5.73 Å². The van der Waals surface area contributed by atoms with E-state index < -0.39 is 10.0 Å². The first-order valence-corrected chi connectivity index (χ1v) is 8.76. The van der Waals surface area contributed by atoms with E-state index in [4.69, 9.17) is 5.73 Å². The van der Waals surface area contributed by atoms with Crippen molar-refractivity contribution >= 4 is 10.0 Å². The van der Waals surface area contributed by atoms with Crippen LogP contribution in [0.2, 0.25) is 0 Å². The average Bonchev–Trinajstić information content (AvgIpc) is 2.47. The maximum atomic E-state index is 12.7. The molecule has 0 spiro atoms. The highest BCUT2D eigenvalue weighted by Gasteiger charge is 2.30. The van der Waals surface area contributed by atoms with Crippen molar-refractivity contribution in [3.8, 4) is 0 Å². The lowest BCUT2D eigenvalue weighted by atomic mass is 10.1. The topological polar surface area (TPSA) is 66.6 Å². The van der Waals surface area contributed by atoms with Gasteiger partial charge >= 0.3 is 0 Å². The average molecular weight is 311 g/mol. The van der Waals surface area contributed by atoms with E-state index in [-0.39, 0.29) is 0 Å². The molecule has 1 saturated heterocycles. The van der Waals surface area contributed by atoms with Crippen molar-refractivity contribution in [3.05, 3.63) is 29.3 Å². The molecule has 0 radical (unpaired) electrons. The zero-order valence-corrected chi connectivity index (χ0v) is 13.9. The second kappa shape index (κ2) is 6.44. The van der Waals surface area contributed by atoms with Gasteiger partial charge in [-0.05, 0) is 57.1 Å². The van der Waals surface area contributed by atoms with Crippen molar-refractivity contribution in [2.45, 2.75) is 37.2 Å². The van der Waals surface area contributed by atoms with Crippen LogP contribution in [0.1, 0.15) is 24.0 Å². The molecule has 1 heterocycles. The van der Waals surface area contributed by atoms with Gasteiger partial charge in [0, 0.05) is 25.7 Å². The van der Waals surface area contributed by atoms with Gasteiger partial charge in [0.2, 0.25) is 10.0 Å². The molecule has 0 aliphatic carbocycles. The number of piperidine rings is 1. The van der Waals surface area contributed by atoms with Gasteiger partial charge in [-0.1, -0.05) is 6.07 Å². The van der Waals surface area contributed by atoms with E-state index in [0.29, 0.717) is 30.6 Å². The minimum atomic E-state index is -3.38. The van der Waals surface area contributed by atoms with Crippen LogP contribution in [-0.2, 0) is 16.6 Å². The number of aryl methyl sites for hydroxylation is 1. The summed E-state index contributed by atoms with van der Waals surface area (Å²) in [5, 5.41) is 0. The lowest BCUT2D eigenvalue weighted by Gasteiger charge is -2.34. The maximum absolute atomic E-state index is 12.7. The van der Waals surface area contributed by atoms with E-state index >= 15 is 0 Å². The van der Waals surface area contributed by atoms with E-state index in [9.17, 15) is 8.42 Å². The molecule has 5 nitrogen and oxygen atoms in total. The van der Waals surface area contributed by atoms with Gasteiger partial charge in [0.25, 0.3) is 0 Å². The third kappa shape index (κ3) is 3.45. The Balaban J connectivity index is 2.17. The van der Waals surface area contributed by atoms with E-state index in [1.807, 2.05) is 27.1 Å². The van der Waals surface area contributed by atoms with Crippen molar-refractivity contribution in [1.82, 2.24) is 9.21 Å². The molecular weight excluding hydrogens is 286 g/mol. The van der Waals surface area contributed by atoms with Crippen LogP contribution in [0.25, 0.3) is 0 Å². The van der Waals surface area contributed by atoms with Gasteiger partial charge in [0.15, 0.2) is 0 Å². The number of nitrogens with two attached hydrogens (primary N) is 1. The quantitative estimate of drug-likeness (QED) is 0.906. The molecule has 2 N–H and O–H groups in total. The summed E-state index contributed by atoms with van der Waals surface area (Å²) >= 11 is 0. The van der Waals surface area contributed by atoms with Crippen molar-refractivity contribution < 1.29 is 8.42 Å². The Morgan fingerprint density at radius 3 is 2.38 bits per heavy atom. The summed E-state index contributed by atoms with van der Waals surface area (Å²) in [5.74, 6) is 0. The van der Waals surface area contributed by atoms with Crippen LogP contribution in [0.4, 0.5) is 0 Å². The monoisotopic (exact) mass is 311 g/mol. The van der Waals surface area contributed by atoms with Gasteiger partial charge < -0.3 is 10.6 Å². The van der Waals surface area contributed by atoms with Crippen LogP contribution in [-0.4, -0.2) is 50.8 Å². The summed E-state index contributed by atoms with van der Waals surface area (Å²) in [6.07, 6.45) is 1.76. The third-order valence-corrected chi connectivity index (χ3v) is 6.22. The number of benzene rings is 1. The van der Waals surface area contributed by atoms with Gasteiger partial charge in [-0.15, -0.1) is 0 Å². The van der Waals surface area contributed by atoms with Gasteiger partial charge in [0.05, 0.1) is 4.90 Å². The molecule has 1 fully saturated rings. The third-order valence-electron chi connectivity index (χ3n) is 4.33. The zero-order chi connectivity index (χ0) is 15.6. The second-order valence-electron chi connectivity index (χ2n) is 5.89. The Kier molecular flexibility index (Phi) is 5.03. The van der Waals surface area contributed by atoms with E-state index in [0.717, 1.165) is 24.0 Å². The van der Waals surface area contributed by atoms with E-state index in [1.54, 1.807) is 16.4 Å². The van der Waals surface area contributed by atoms with Crippen LogP contribution in [0.5, 0.6) is 0 Å². The molecule has 118 valence electrons.